The molecule has 0 aliphatic carbocycles. The van der Waals surface area contributed by atoms with Crippen molar-refractivity contribution >= 4 is 17.2 Å². The Morgan fingerprint density at radius 1 is 1.56 bits per heavy atom. The molecule has 0 saturated heterocycles. The fraction of sp³-hybridized carbons (Fsp3) is 0.182. The lowest BCUT2D eigenvalue weighted by atomic mass is 10.1. The van der Waals surface area contributed by atoms with E-state index in [1.54, 1.807) is 0 Å². The van der Waals surface area contributed by atoms with Crippen molar-refractivity contribution in [3.05, 3.63) is 45.8 Å². The minimum atomic E-state index is 0.359. The summed E-state index contributed by atoms with van der Waals surface area (Å²) in [5, 5.41) is 3.39. The highest BCUT2D eigenvalue weighted by Crippen LogP contribution is 2.03. The number of azide groups is 1. The Morgan fingerprint density at radius 2 is 2.38 bits per heavy atom. The van der Waals surface area contributed by atoms with Crippen molar-refractivity contribution in [1.29, 1.82) is 0 Å². The number of rotatable bonds is 3. The summed E-state index contributed by atoms with van der Waals surface area (Å²) in [4.78, 5) is 3.00. The quantitative estimate of drug-likeness (QED) is 0.216. The SMILES string of the molecule is [N-]=[N+]=NCCC#Cc1cccc(C(N)=S)c1. The van der Waals surface area contributed by atoms with Crippen molar-refractivity contribution in [2.45, 2.75) is 6.42 Å². The number of benzene rings is 1. The molecule has 5 heteroatoms. The Kier molecular flexibility index (Phi) is 4.87. The van der Waals surface area contributed by atoms with Crippen LogP contribution in [0.5, 0.6) is 0 Å². The van der Waals surface area contributed by atoms with E-state index in [4.69, 9.17) is 23.5 Å². The molecule has 0 spiro atoms. The van der Waals surface area contributed by atoms with Gasteiger partial charge in [0, 0.05) is 29.0 Å². The predicted octanol–water partition coefficient (Wildman–Crippen LogP) is 2.37. The molecule has 80 valence electrons. The third kappa shape index (κ3) is 4.01. The first kappa shape index (κ1) is 12.1. The lowest BCUT2D eigenvalue weighted by molar-refractivity contribution is 1.01. The predicted molar refractivity (Wildman–Crippen MR) is 67.8 cm³/mol. The normalized spacial score (nSPS) is 8.50. The van der Waals surface area contributed by atoms with Crippen LogP contribution in [0, 0.1) is 11.8 Å². The van der Waals surface area contributed by atoms with E-state index in [0.717, 1.165) is 11.1 Å². The summed E-state index contributed by atoms with van der Waals surface area (Å²) >= 11 is 4.87. The van der Waals surface area contributed by atoms with Crippen LogP contribution in [0.1, 0.15) is 17.5 Å². The van der Waals surface area contributed by atoms with Gasteiger partial charge in [0.05, 0.1) is 0 Å². The van der Waals surface area contributed by atoms with Crippen LogP contribution >= 0.6 is 12.2 Å². The fourth-order valence-electron chi connectivity index (χ4n) is 1.07. The van der Waals surface area contributed by atoms with Gasteiger partial charge < -0.3 is 5.73 Å². The zero-order valence-electron chi connectivity index (χ0n) is 8.55. The van der Waals surface area contributed by atoms with Crippen molar-refractivity contribution in [3.63, 3.8) is 0 Å². The van der Waals surface area contributed by atoms with E-state index in [1.807, 2.05) is 24.3 Å². The van der Waals surface area contributed by atoms with Gasteiger partial charge in [-0.3, -0.25) is 0 Å². The summed E-state index contributed by atoms with van der Waals surface area (Å²) < 4.78 is 0. The number of hydrogen-bond donors (Lipinski definition) is 1. The van der Waals surface area contributed by atoms with Crippen LogP contribution in [-0.4, -0.2) is 11.5 Å². The van der Waals surface area contributed by atoms with Gasteiger partial charge in [0.2, 0.25) is 0 Å². The Morgan fingerprint density at radius 3 is 3.06 bits per heavy atom. The first-order chi connectivity index (χ1) is 7.74. The number of nitrogens with two attached hydrogens (primary N) is 1. The molecule has 0 aromatic heterocycles. The van der Waals surface area contributed by atoms with Gasteiger partial charge >= 0.3 is 0 Å². The Labute approximate surface area is 99.1 Å². The zero-order chi connectivity index (χ0) is 11.8. The monoisotopic (exact) mass is 230 g/mol. The highest BCUT2D eigenvalue weighted by Gasteiger charge is 1.95. The first-order valence-electron chi connectivity index (χ1n) is 4.63. The fourth-order valence-corrected chi connectivity index (χ4v) is 1.19. The average Bonchev–Trinajstić information content (AvgIpc) is 2.29. The molecule has 2 N–H and O–H groups in total. The van der Waals surface area contributed by atoms with Crippen LogP contribution in [0.25, 0.3) is 10.4 Å². The number of hydrogen-bond acceptors (Lipinski definition) is 2. The van der Waals surface area contributed by atoms with Crippen molar-refractivity contribution in [1.82, 2.24) is 0 Å². The Bertz CT molecular complexity index is 492. The van der Waals surface area contributed by atoms with Crippen molar-refractivity contribution in [2.75, 3.05) is 6.54 Å². The summed E-state index contributed by atoms with van der Waals surface area (Å²) in [7, 11) is 0. The molecule has 1 aromatic carbocycles. The van der Waals surface area contributed by atoms with E-state index >= 15 is 0 Å². The van der Waals surface area contributed by atoms with Gasteiger partial charge in [-0.1, -0.05) is 41.3 Å². The van der Waals surface area contributed by atoms with E-state index < -0.39 is 0 Å². The second-order valence-electron chi connectivity index (χ2n) is 2.95. The largest absolute Gasteiger partial charge is 0.389 e. The van der Waals surface area contributed by atoms with Gasteiger partial charge in [0.1, 0.15) is 4.99 Å². The molecule has 0 heterocycles. The molecule has 0 amide bonds. The maximum atomic E-state index is 8.06. The van der Waals surface area contributed by atoms with Crippen LogP contribution in [-0.2, 0) is 0 Å². The summed E-state index contributed by atoms with van der Waals surface area (Å²) in [6, 6.07) is 7.41. The van der Waals surface area contributed by atoms with Gasteiger partial charge in [0.15, 0.2) is 0 Å². The minimum absolute atomic E-state index is 0.359. The summed E-state index contributed by atoms with van der Waals surface area (Å²) in [5.41, 5.74) is 15.2. The van der Waals surface area contributed by atoms with Gasteiger partial charge in [-0.25, -0.2) is 0 Å². The molecule has 0 radical (unpaired) electrons. The van der Waals surface area contributed by atoms with Crippen LogP contribution in [0.3, 0.4) is 0 Å². The molecular weight excluding hydrogens is 220 g/mol. The maximum absolute atomic E-state index is 8.06. The molecule has 0 unspecified atom stereocenters. The third-order valence-corrected chi connectivity index (χ3v) is 2.02. The molecule has 0 bridgehead atoms. The Balaban J connectivity index is 2.69. The standard InChI is InChI=1S/C11H10N4S/c12-11(16)10-6-3-5-9(8-10)4-1-2-7-14-15-13/h3,5-6,8H,2,7H2,(H2,12,16). The molecule has 1 rings (SSSR count). The van der Waals surface area contributed by atoms with Crippen LogP contribution in [0.2, 0.25) is 0 Å². The van der Waals surface area contributed by atoms with Crippen LogP contribution in [0.15, 0.2) is 29.4 Å². The zero-order valence-corrected chi connectivity index (χ0v) is 9.37. The third-order valence-electron chi connectivity index (χ3n) is 1.78. The molecule has 0 aliphatic rings. The highest BCUT2D eigenvalue weighted by atomic mass is 32.1. The minimum Gasteiger partial charge on any atom is -0.389 e. The van der Waals surface area contributed by atoms with E-state index in [9.17, 15) is 0 Å². The van der Waals surface area contributed by atoms with Crippen LogP contribution < -0.4 is 5.73 Å². The summed E-state index contributed by atoms with van der Waals surface area (Å²) in [6.45, 7) is 0.387. The molecule has 1 aromatic rings. The van der Waals surface area contributed by atoms with Gasteiger partial charge in [-0.2, -0.15) is 0 Å². The topological polar surface area (TPSA) is 74.8 Å². The lowest BCUT2D eigenvalue weighted by Crippen LogP contribution is -2.08. The van der Waals surface area contributed by atoms with Gasteiger partial charge in [-0.05, 0) is 17.7 Å². The smallest absolute Gasteiger partial charge is 0.104 e. The van der Waals surface area contributed by atoms with E-state index in [-0.39, 0.29) is 0 Å². The molecule has 16 heavy (non-hydrogen) atoms. The second-order valence-corrected chi connectivity index (χ2v) is 3.39. The first-order valence-corrected chi connectivity index (χ1v) is 5.04. The number of thiocarbonyl (C=S) groups is 1. The van der Waals surface area contributed by atoms with Crippen LogP contribution in [0.4, 0.5) is 0 Å². The number of nitrogens with zero attached hydrogens (tertiary/aromatic N) is 3. The summed E-state index contributed by atoms with van der Waals surface area (Å²) in [6.07, 6.45) is 0.543. The molecule has 0 saturated carbocycles. The van der Waals surface area contributed by atoms with E-state index in [2.05, 4.69) is 21.9 Å². The van der Waals surface area contributed by atoms with Gasteiger partial charge in [0.25, 0.3) is 0 Å². The molecular formula is C11H10N4S. The maximum Gasteiger partial charge on any atom is 0.104 e. The van der Waals surface area contributed by atoms with Crippen molar-refractivity contribution < 1.29 is 0 Å². The average molecular weight is 230 g/mol. The van der Waals surface area contributed by atoms with E-state index in [1.165, 1.54) is 0 Å². The summed E-state index contributed by atoms with van der Waals surface area (Å²) in [5.74, 6) is 5.85. The van der Waals surface area contributed by atoms with Gasteiger partial charge in [-0.15, -0.1) is 0 Å². The second kappa shape index (κ2) is 6.46. The molecule has 4 nitrogen and oxygen atoms in total. The lowest BCUT2D eigenvalue weighted by Gasteiger charge is -1.97. The molecule has 0 fully saturated rings. The molecule has 0 aliphatic heterocycles. The van der Waals surface area contributed by atoms with E-state index in [0.29, 0.717) is 18.0 Å². The molecule has 0 atom stereocenters. The Hall–Kier alpha value is -2.02. The van der Waals surface area contributed by atoms with Crippen molar-refractivity contribution in [2.24, 2.45) is 10.8 Å². The highest BCUT2D eigenvalue weighted by molar-refractivity contribution is 7.80. The van der Waals surface area contributed by atoms with Crippen molar-refractivity contribution in [3.8, 4) is 11.8 Å².